The number of allylic oxidation sites excluding steroid dienone is 2. The van der Waals surface area contributed by atoms with E-state index in [0.717, 1.165) is 0 Å². The van der Waals surface area contributed by atoms with Gasteiger partial charge in [0.1, 0.15) is 17.2 Å². The highest BCUT2D eigenvalue weighted by atomic mass is 31.2. The summed E-state index contributed by atoms with van der Waals surface area (Å²) in [5, 5.41) is 4.84. The van der Waals surface area contributed by atoms with Crippen molar-refractivity contribution in [2.45, 2.75) is 34.6 Å². The topological polar surface area (TPSA) is 161 Å². The van der Waals surface area contributed by atoms with E-state index >= 15 is 0 Å². The second-order valence-electron chi connectivity index (χ2n) is 7.91. The lowest BCUT2D eigenvalue weighted by atomic mass is 9.94. The molecule has 0 aliphatic carbocycles. The van der Waals surface area contributed by atoms with Gasteiger partial charge in [-0.1, -0.05) is 20.8 Å². The minimum Gasteiger partial charge on any atom is -0.497 e. The summed E-state index contributed by atoms with van der Waals surface area (Å²) < 4.78 is 39.2. The van der Waals surface area contributed by atoms with Gasteiger partial charge < -0.3 is 13.8 Å². The maximum Gasteiger partial charge on any atom is 0.524 e. The minimum atomic E-state index is -4.88. The number of methoxy groups -OCH3 is 1. The van der Waals surface area contributed by atoms with E-state index in [1.807, 2.05) is 0 Å². The number of ether oxygens (including phenoxy) is 1. The summed E-state index contributed by atoms with van der Waals surface area (Å²) in [6.45, 7) is 8.29. The van der Waals surface area contributed by atoms with Gasteiger partial charge in [-0.2, -0.15) is 5.10 Å². The third kappa shape index (κ3) is 6.67. The highest BCUT2D eigenvalue weighted by Gasteiger charge is 2.29. The number of nitrogens with zero attached hydrogens (tertiary/aromatic N) is 2. The number of aromatic nitrogens is 2. The Morgan fingerprint density at radius 3 is 2.10 bits per heavy atom. The molecule has 31 heavy (non-hydrogen) atoms. The van der Waals surface area contributed by atoms with Crippen LogP contribution in [0.5, 0.6) is 5.75 Å². The molecule has 0 aliphatic heterocycles. The van der Waals surface area contributed by atoms with Crippen LogP contribution in [0, 0.1) is 5.41 Å². The molecule has 0 radical (unpaired) electrons. The Labute approximate surface area is 179 Å². The van der Waals surface area contributed by atoms with Crippen molar-refractivity contribution in [3.8, 4) is 5.75 Å². The number of phosphoric ester groups is 2. The summed E-state index contributed by atoms with van der Waals surface area (Å²) >= 11 is 0. The van der Waals surface area contributed by atoms with Crippen molar-refractivity contribution in [3.63, 3.8) is 0 Å². The maximum absolute atomic E-state index is 11.5. The van der Waals surface area contributed by atoms with Gasteiger partial charge in [-0.25, -0.2) is 13.8 Å². The summed E-state index contributed by atoms with van der Waals surface area (Å²) in [5.74, 6) is 0.287. The monoisotopic (exact) mass is 476 g/mol. The van der Waals surface area contributed by atoms with Gasteiger partial charge in [-0.05, 0) is 31.6 Å². The molecule has 0 saturated carbocycles. The standard InChI is InChI=1S/C18H26N2O9P2/c1-11(2)17(29-31(24,25)26)16-13-8-7-12(27-6)9-14(13)20(19-16)10-15(18(3,4)5)28-30(21,22)23/h7-10H,1-6H3,(H2,21,22,23)(H2,24,25,26)/b15-10-. The van der Waals surface area contributed by atoms with Crippen LogP contribution in [0.4, 0.5) is 0 Å². The molecule has 0 saturated heterocycles. The van der Waals surface area contributed by atoms with E-state index in [1.54, 1.807) is 52.8 Å². The van der Waals surface area contributed by atoms with E-state index < -0.39 is 21.1 Å². The van der Waals surface area contributed by atoms with Crippen molar-refractivity contribution in [2.75, 3.05) is 7.11 Å². The normalized spacial score (nSPS) is 13.3. The summed E-state index contributed by atoms with van der Waals surface area (Å²) in [7, 11) is -8.27. The summed E-state index contributed by atoms with van der Waals surface area (Å²) in [6, 6.07) is 4.88. The number of rotatable bonds is 7. The van der Waals surface area contributed by atoms with Gasteiger partial charge in [-0.3, -0.25) is 19.6 Å². The quantitative estimate of drug-likeness (QED) is 0.341. The first-order valence-corrected chi connectivity index (χ1v) is 12.0. The average Bonchev–Trinajstić information content (AvgIpc) is 2.93. The summed E-state index contributed by atoms with van der Waals surface area (Å²) in [5.41, 5.74) is 0.206. The molecule has 0 fully saturated rings. The van der Waals surface area contributed by atoms with Gasteiger partial charge in [-0.15, -0.1) is 0 Å². The molecule has 2 rings (SSSR count). The smallest absolute Gasteiger partial charge is 0.497 e. The van der Waals surface area contributed by atoms with Crippen molar-refractivity contribution in [1.82, 2.24) is 9.78 Å². The van der Waals surface area contributed by atoms with Crippen molar-refractivity contribution in [3.05, 3.63) is 35.2 Å². The highest BCUT2D eigenvalue weighted by molar-refractivity contribution is 7.46. The Morgan fingerprint density at radius 2 is 1.65 bits per heavy atom. The molecule has 0 unspecified atom stereocenters. The maximum atomic E-state index is 11.5. The molecule has 0 atom stereocenters. The van der Waals surface area contributed by atoms with Gasteiger partial charge in [0.25, 0.3) is 0 Å². The number of hydrogen-bond acceptors (Lipinski definition) is 6. The molecule has 172 valence electrons. The van der Waals surface area contributed by atoms with Crippen molar-refractivity contribution in [2.24, 2.45) is 5.41 Å². The van der Waals surface area contributed by atoms with E-state index in [9.17, 15) is 28.7 Å². The SMILES string of the molecule is COc1ccc2c(C(OP(=O)(O)O)=C(C)C)nn(/C=C(\OP(=O)(O)O)C(C)(C)C)c2c1. The van der Waals surface area contributed by atoms with Crippen LogP contribution >= 0.6 is 15.6 Å². The van der Waals surface area contributed by atoms with Crippen molar-refractivity contribution >= 4 is 38.5 Å². The number of phosphoric acid groups is 2. The summed E-state index contributed by atoms with van der Waals surface area (Å²) in [6.07, 6.45) is 1.30. The molecule has 11 nitrogen and oxygen atoms in total. The molecular formula is C18H26N2O9P2. The number of benzene rings is 1. The predicted octanol–water partition coefficient (Wildman–Crippen LogP) is 3.86. The van der Waals surface area contributed by atoms with E-state index in [2.05, 4.69) is 5.10 Å². The Kier molecular flexibility index (Phi) is 7.12. The fraction of sp³-hybridized carbons (Fsp3) is 0.389. The molecule has 0 amide bonds. The predicted molar refractivity (Wildman–Crippen MR) is 115 cm³/mol. The van der Waals surface area contributed by atoms with Crippen LogP contribution in [-0.4, -0.2) is 36.5 Å². The molecule has 4 N–H and O–H groups in total. The Morgan fingerprint density at radius 1 is 1.06 bits per heavy atom. The van der Waals surface area contributed by atoms with Gasteiger partial charge in [0.15, 0.2) is 5.76 Å². The highest BCUT2D eigenvalue weighted by Crippen LogP contribution is 2.46. The fourth-order valence-electron chi connectivity index (χ4n) is 2.59. The van der Waals surface area contributed by atoms with Crippen LogP contribution in [0.15, 0.2) is 29.5 Å². The average molecular weight is 476 g/mol. The molecule has 0 aliphatic rings. The van der Waals surface area contributed by atoms with Crippen LogP contribution < -0.4 is 4.74 Å². The largest absolute Gasteiger partial charge is 0.524 e. The number of hydrogen-bond donors (Lipinski definition) is 4. The van der Waals surface area contributed by atoms with E-state index in [0.29, 0.717) is 22.2 Å². The van der Waals surface area contributed by atoms with E-state index in [1.165, 1.54) is 18.0 Å². The Bertz CT molecular complexity index is 1130. The zero-order valence-electron chi connectivity index (χ0n) is 17.9. The Balaban J connectivity index is 2.84. The molecule has 2 aromatic rings. The van der Waals surface area contributed by atoms with Gasteiger partial charge in [0.2, 0.25) is 0 Å². The molecule has 1 heterocycles. The van der Waals surface area contributed by atoms with Crippen molar-refractivity contribution in [1.29, 1.82) is 0 Å². The van der Waals surface area contributed by atoms with E-state index in [-0.39, 0.29) is 17.2 Å². The van der Waals surface area contributed by atoms with Crippen LogP contribution in [0.25, 0.3) is 22.9 Å². The first kappa shape index (κ1) is 25.1. The molecule has 13 heteroatoms. The Hall–Kier alpha value is -2.13. The van der Waals surface area contributed by atoms with Gasteiger partial charge in [0, 0.05) is 16.9 Å². The molecule has 0 spiro atoms. The lowest BCUT2D eigenvalue weighted by Gasteiger charge is -2.23. The number of fused-ring (bicyclic) bond motifs is 1. The molecule has 1 aromatic heterocycles. The van der Waals surface area contributed by atoms with Gasteiger partial charge >= 0.3 is 15.6 Å². The van der Waals surface area contributed by atoms with Crippen molar-refractivity contribution < 1.29 is 42.5 Å². The van der Waals surface area contributed by atoms with E-state index in [4.69, 9.17) is 13.8 Å². The zero-order chi connectivity index (χ0) is 23.8. The van der Waals surface area contributed by atoms with Crippen LogP contribution in [0.3, 0.4) is 0 Å². The minimum absolute atomic E-state index is 0.0609. The second-order valence-corrected chi connectivity index (χ2v) is 10.2. The van der Waals surface area contributed by atoms with Crippen LogP contribution in [0.1, 0.15) is 40.3 Å². The third-order valence-electron chi connectivity index (χ3n) is 3.99. The zero-order valence-corrected chi connectivity index (χ0v) is 19.7. The molecule has 1 aromatic carbocycles. The third-order valence-corrected chi connectivity index (χ3v) is 4.84. The molecular weight excluding hydrogens is 450 g/mol. The second kappa shape index (κ2) is 8.78. The lowest BCUT2D eigenvalue weighted by Crippen LogP contribution is -2.13. The first-order valence-electron chi connectivity index (χ1n) is 8.98. The first-order chi connectivity index (χ1) is 14.0. The lowest BCUT2D eigenvalue weighted by molar-refractivity contribution is 0.203. The summed E-state index contributed by atoms with van der Waals surface area (Å²) in [4.78, 5) is 37.2. The van der Waals surface area contributed by atoms with Gasteiger partial charge in [0.05, 0.1) is 18.8 Å². The fourth-order valence-corrected chi connectivity index (χ4v) is 3.68. The van der Waals surface area contributed by atoms with Crippen LogP contribution in [0.2, 0.25) is 0 Å². The molecule has 0 bridgehead atoms. The van der Waals surface area contributed by atoms with Crippen LogP contribution in [-0.2, 0) is 18.2 Å².